The fraction of sp³-hybridized carbons (Fsp3) is 0.474. The minimum Gasteiger partial charge on any atom is -0.315 e. The predicted molar refractivity (Wildman–Crippen MR) is 95.2 cm³/mol. The van der Waals surface area contributed by atoms with Gasteiger partial charge in [-0.3, -0.25) is 9.69 Å². The van der Waals surface area contributed by atoms with Crippen LogP contribution in [0.1, 0.15) is 36.5 Å². The van der Waals surface area contributed by atoms with Gasteiger partial charge in [0.1, 0.15) is 11.9 Å². The van der Waals surface area contributed by atoms with Gasteiger partial charge in [-0.2, -0.15) is 0 Å². The zero-order valence-corrected chi connectivity index (χ0v) is 15.0. The first-order valence-corrected chi connectivity index (χ1v) is 9.18. The maximum Gasteiger partial charge on any atom is 0.327 e. The molecule has 0 bridgehead atoms. The molecule has 2 aromatic rings. The number of benzene rings is 1. The average molecular weight is 353 g/mol. The van der Waals surface area contributed by atoms with E-state index in [2.05, 4.69) is 14.8 Å². The van der Waals surface area contributed by atoms with E-state index < -0.39 is 6.04 Å². The SMILES string of the molecule is CN1C(=O)N(Cc2nnc3n2CCCCC3)C(=O)[C@@H]1Cc1ccccc1. The quantitative estimate of drug-likeness (QED) is 0.789. The minimum atomic E-state index is -0.462. The van der Waals surface area contributed by atoms with Gasteiger partial charge in [-0.15, -0.1) is 10.2 Å². The Morgan fingerprint density at radius 2 is 1.88 bits per heavy atom. The van der Waals surface area contributed by atoms with Gasteiger partial charge in [0.15, 0.2) is 5.82 Å². The Labute approximate surface area is 152 Å². The average Bonchev–Trinajstić information content (AvgIpc) is 2.99. The molecule has 7 nitrogen and oxygen atoms in total. The predicted octanol–water partition coefficient (Wildman–Crippen LogP) is 2.01. The molecule has 1 aromatic heterocycles. The van der Waals surface area contributed by atoms with Crippen molar-refractivity contribution in [3.8, 4) is 0 Å². The highest BCUT2D eigenvalue weighted by atomic mass is 16.2. The molecule has 1 atom stereocenters. The van der Waals surface area contributed by atoms with Crippen LogP contribution in [0.3, 0.4) is 0 Å². The molecule has 0 aliphatic carbocycles. The van der Waals surface area contributed by atoms with Crippen molar-refractivity contribution in [1.29, 1.82) is 0 Å². The Kier molecular flexibility index (Phi) is 4.44. The van der Waals surface area contributed by atoms with E-state index in [1.165, 1.54) is 16.2 Å². The van der Waals surface area contributed by atoms with Crippen LogP contribution in [0.15, 0.2) is 30.3 Å². The van der Waals surface area contributed by atoms with E-state index in [-0.39, 0.29) is 18.5 Å². The van der Waals surface area contributed by atoms with Gasteiger partial charge in [0.25, 0.3) is 5.91 Å². The number of likely N-dealkylation sites (N-methyl/N-ethyl adjacent to an activating group) is 1. The van der Waals surface area contributed by atoms with Gasteiger partial charge in [-0.05, 0) is 18.4 Å². The molecule has 1 saturated heterocycles. The number of carbonyl (C=O) groups excluding carboxylic acids is 2. The lowest BCUT2D eigenvalue weighted by atomic mass is 10.1. The monoisotopic (exact) mass is 353 g/mol. The second kappa shape index (κ2) is 6.90. The van der Waals surface area contributed by atoms with Gasteiger partial charge < -0.3 is 9.47 Å². The van der Waals surface area contributed by atoms with Crippen molar-refractivity contribution in [1.82, 2.24) is 24.6 Å². The van der Waals surface area contributed by atoms with Gasteiger partial charge >= 0.3 is 6.03 Å². The third-order valence-corrected chi connectivity index (χ3v) is 5.31. The number of carbonyl (C=O) groups is 2. The summed E-state index contributed by atoms with van der Waals surface area (Å²) in [4.78, 5) is 28.4. The number of hydrogen-bond acceptors (Lipinski definition) is 4. The normalized spacial score (nSPS) is 20.4. The largest absolute Gasteiger partial charge is 0.327 e. The number of aromatic nitrogens is 3. The van der Waals surface area contributed by atoms with Crippen molar-refractivity contribution in [2.24, 2.45) is 0 Å². The Balaban J connectivity index is 1.53. The van der Waals surface area contributed by atoms with E-state index in [1.54, 1.807) is 7.05 Å². The van der Waals surface area contributed by atoms with Crippen molar-refractivity contribution in [3.05, 3.63) is 47.5 Å². The standard InChI is InChI=1S/C19H23N5O2/c1-22-15(12-14-8-4-2-5-9-14)18(25)24(19(22)26)13-17-21-20-16-10-6-3-7-11-23(16)17/h2,4-5,8-9,15H,3,6-7,10-13H2,1H3/t15-/m0/s1. The number of aryl methyl sites for hydroxylation is 1. The van der Waals surface area contributed by atoms with E-state index in [9.17, 15) is 9.59 Å². The van der Waals surface area contributed by atoms with Crippen LogP contribution in [-0.4, -0.2) is 49.6 Å². The van der Waals surface area contributed by atoms with E-state index in [1.807, 2.05) is 30.3 Å². The zero-order chi connectivity index (χ0) is 18.1. The van der Waals surface area contributed by atoms with Crippen molar-refractivity contribution in [3.63, 3.8) is 0 Å². The van der Waals surface area contributed by atoms with Crippen LogP contribution in [-0.2, 0) is 30.7 Å². The van der Waals surface area contributed by atoms with E-state index in [0.29, 0.717) is 12.2 Å². The highest BCUT2D eigenvalue weighted by Gasteiger charge is 2.43. The Morgan fingerprint density at radius 1 is 1.08 bits per heavy atom. The van der Waals surface area contributed by atoms with Crippen molar-refractivity contribution >= 4 is 11.9 Å². The first kappa shape index (κ1) is 16.8. The second-order valence-electron chi connectivity index (χ2n) is 7.02. The van der Waals surface area contributed by atoms with Gasteiger partial charge in [-0.1, -0.05) is 36.8 Å². The highest BCUT2D eigenvalue weighted by molar-refractivity contribution is 6.04. The van der Waals surface area contributed by atoms with Crippen LogP contribution in [0.4, 0.5) is 4.79 Å². The third-order valence-electron chi connectivity index (χ3n) is 5.31. The van der Waals surface area contributed by atoms with Crippen LogP contribution in [0.25, 0.3) is 0 Å². The molecule has 0 radical (unpaired) electrons. The maximum atomic E-state index is 12.9. The molecule has 0 saturated carbocycles. The van der Waals surface area contributed by atoms with Gasteiger partial charge in [0, 0.05) is 26.4 Å². The molecular weight excluding hydrogens is 330 g/mol. The summed E-state index contributed by atoms with van der Waals surface area (Å²) in [7, 11) is 1.69. The Morgan fingerprint density at radius 3 is 2.69 bits per heavy atom. The summed E-state index contributed by atoms with van der Waals surface area (Å²) in [5, 5.41) is 8.52. The zero-order valence-electron chi connectivity index (χ0n) is 15.0. The lowest BCUT2D eigenvalue weighted by Gasteiger charge is -2.15. The number of rotatable bonds is 4. The molecule has 7 heteroatoms. The Bertz CT molecular complexity index is 817. The van der Waals surface area contributed by atoms with Crippen LogP contribution >= 0.6 is 0 Å². The summed E-state index contributed by atoms with van der Waals surface area (Å²) in [6, 6.07) is 9.07. The fourth-order valence-corrected chi connectivity index (χ4v) is 3.77. The van der Waals surface area contributed by atoms with Crippen molar-refractivity contribution in [2.75, 3.05) is 7.05 Å². The summed E-state index contributed by atoms with van der Waals surface area (Å²) in [5.41, 5.74) is 1.05. The molecule has 2 aliphatic rings. The van der Waals surface area contributed by atoms with Crippen molar-refractivity contribution < 1.29 is 9.59 Å². The van der Waals surface area contributed by atoms with Gasteiger partial charge in [0.05, 0.1) is 6.54 Å². The first-order valence-electron chi connectivity index (χ1n) is 9.18. The molecule has 0 N–H and O–H groups in total. The number of imide groups is 1. The maximum absolute atomic E-state index is 12.9. The third kappa shape index (κ3) is 2.98. The number of urea groups is 1. The van der Waals surface area contributed by atoms with E-state index >= 15 is 0 Å². The lowest BCUT2D eigenvalue weighted by Crippen LogP contribution is -2.33. The van der Waals surface area contributed by atoms with Gasteiger partial charge in [-0.25, -0.2) is 4.79 Å². The smallest absolute Gasteiger partial charge is 0.315 e. The van der Waals surface area contributed by atoms with Crippen LogP contribution < -0.4 is 0 Å². The lowest BCUT2D eigenvalue weighted by molar-refractivity contribution is -0.128. The highest BCUT2D eigenvalue weighted by Crippen LogP contribution is 2.23. The Hall–Kier alpha value is -2.70. The molecule has 0 unspecified atom stereocenters. The molecular formula is C19H23N5O2. The summed E-state index contributed by atoms with van der Waals surface area (Å²) < 4.78 is 2.08. The summed E-state index contributed by atoms with van der Waals surface area (Å²) in [6.45, 7) is 1.05. The van der Waals surface area contributed by atoms with Crippen LogP contribution in [0.2, 0.25) is 0 Å². The molecule has 4 rings (SSSR count). The molecule has 26 heavy (non-hydrogen) atoms. The first-order chi connectivity index (χ1) is 12.6. The van der Waals surface area contributed by atoms with Gasteiger partial charge in [0.2, 0.25) is 0 Å². The summed E-state index contributed by atoms with van der Waals surface area (Å²) in [6.07, 6.45) is 4.80. The molecule has 136 valence electrons. The molecule has 3 heterocycles. The van der Waals surface area contributed by atoms with Crippen molar-refractivity contribution in [2.45, 2.75) is 51.2 Å². The van der Waals surface area contributed by atoms with E-state index in [4.69, 9.17) is 0 Å². The molecule has 3 amide bonds. The topological polar surface area (TPSA) is 71.3 Å². The second-order valence-corrected chi connectivity index (χ2v) is 7.02. The molecule has 2 aliphatic heterocycles. The summed E-state index contributed by atoms with van der Waals surface area (Å²) in [5.74, 6) is 1.51. The molecule has 0 spiro atoms. The number of nitrogens with zero attached hydrogens (tertiary/aromatic N) is 5. The molecule has 1 fully saturated rings. The minimum absolute atomic E-state index is 0.160. The number of hydrogen-bond donors (Lipinski definition) is 0. The van der Waals surface area contributed by atoms with Crippen LogP contribution in [0.5, 0.6) is 0 Å². The van der Waals surface area contributed by atoms with E-state index in [0.717, 1.165) is 37.2 Å². The molecule has 1 aromatic carbocycles. The number of fused-ring (bicyclic) bond motifs is 1. The number of amides is 3. The summed E-state index contributed by atoms with van der Waals surface area (Å²) >= 11 is 0. The van der Waals surface area contributed by atoms with Crippen LogP contribution in [0, 0.1) is 0 Å². The fourth-order valence-electron chi connectivity index (χ4n) is 3.77.